The Hall–Kier alpha value is -2.88. The number of aromatic nitrogens is 1. The summed E-state index contributed by atoms with van der Waals surface area (Å²) in [6, 6.07) is 16.7. The smallest absolute Gasteiger partial charge is 0.116 e. The second-order valence-corrected chi connectivity index (χ2v) is 4.35. The first-order valence-corrected chi connectivity index (χ1v) is 6.25. The third-order valence-electron chi connectivity index (χ3n) is 2.90. The molecule has 0 bridgehead atoms. The van der Waals surface area contributed by atoms with E-state index < -0.39 is 0 Å². The van der Waals surface area contributed by atoms with Crippen LogP contribution in [0.1, 0.15) is 5.56 Å². The Balaban J connectivity index is 1.84. The van der Waals surface area contributed by atoms with Crippen LogP contribution in [-0.4, -0.2) is 16.3 Å². The zero-order valence-electron chi connectivity index (χ0n) is 10.7. The van der Waals surface area contributed by atoms with Crippen molar-refractivity contribution in [2.24, 2.45) is 5.10 Å². The second-order valence-electron chi connectivity index (χ2n) is 4.35. The van der Waals surface area contributed by atoms with Crippen LogP contribution in [0.4, 0.5) is 5.69 Å². The molecule has 0 amide bonds. The van der Waals surface area contributed by atoms with E-state index in [1.165, 1.54) is 0 Å². The molecule has 98 valence electrons. The lowest BCUT2D eigenvalue weighted by atomic mass is 10.2. The predicted octanol–water partition coefficient (Wildman–Crippen LogP) is 3.39. The van der Waals surface area contributed by atoms with E-state index in [0.29, 0.717) is 0 Å². The van der Waals surface area contributed by atoms with E-state index >= 15 is 0 Å². The molecule has 3 rings (SSSR count). The van der Waals surface area contributed by atoms with Crippen LogP contribution in [0.15, 0.2) is 65.9 Å². The highest BCUT2D eigenvalue weighted by molar-refractivity contribution is 5.90. The van der Waals surface area contributed by atoms with Crippen molar-refractivity contribution in [2.45, 2.75) is 0 Å². The Morgan fingerprint density at radius 2 is 1.90 bits per heavy atom. The number of benzene rings is 2. The molecular formula is C16H13N3O. The van der Waals surface area contributed by atoms with Gasteiger partial charge in [-0.1, -0.05) is 30.3 Å². The summed E-state index contributed by atoms with van der Waals surface area (Å²) < 4.78 is 0. The Labute approximate surface area is 116 Å². The Kier molecular flexibility index (Phi) is 3.29. The molecule has 0 aliphatic carbocycles. The van der Waals surface area contributed by atoms with E-state index in [9.17, 15) is 5.11 Å². The zero-order chi connectivity index (χ0) is 13.8. The minimum atomic E-state index is 0.223. The number of hydrogen-bond donors (Lipinski definition) is 2. The van der Waals surface area contributed by atoms with Gasteiger partial charge >= 0.3 is 0 Å². The summed E-state index contributed by atoms with van der Waals surface area (Å²) in [5, 5.41) is 14.6. The van der Waals surface area contributed by atoms with Crippen molar-refractivity contribution < 1.29 is 5.11 Å². The van der Waals surface area contributed by atoms with Crippen molar-refractivity contribution in [3.8, 4) is 5.75 Å². The lowest BCUT2D eigenvalue weighted by molar-refractivity contribution is 0.475. The summed E-state index contributed by atoms with van der Waals surface area (Å²) >= 11 is 0. The van der Waals surface area contributed by atoms with Crippen molar-refractivity contribution in [3.05, 3.63) is 66.4 Å². The first-order valence-electron chi connectivity index (χ1n) is 6.25. The van der Waals surface area contributed by atoms with Crippen LogP contribution >= 0.6 is 0 Å². The van der Waals surface area contributed by atoms with Crippen molar-refractivity contribution >= 4 is 22.8 Å². The number of pyridine rings is 1. The number of fused-ring (bicyclic) bond motifs is 1. The van der Waals surface area contributed by atoms with Crippen LogP contribution in [-0.2, 0) is 0 Å². The summed E-state index contributed by atoms with van der Waals surface area (Å²) in [5.41, 5.74) is 5.53. The third-order valence-corrected chi connectivity index (χ3v) is 2.90. The molecule has 4 nitrogen and oxygen atoms in total. The molecule has 20 heavy (non-hydrogen) atoms. The first kappa shape index (κ1) is 12.2. The van der Waals surface area contributed by atoms with Gasteiger partial charge in [-0.05, 0) is 29.8 Å². The number of nitrogens with zero attached hydrogens (tertiary/aromatic N) is 2. The fourth-order valence-electron chi connectivity index (χ4n) is 1.98. The van der Waals surface area contributed by atoms with Gasteiger partial charge in [0, 0.05) is 11.6 Å². The average molecular weight is 263 g/mol. The van der Waals surface area contributed by atoms with E-state index in [2.05, 4.69) is 15.5 Å². The Morgan fingerprint density at radius 3 is 2.80 bits per heavy atom. The van der Waals surface area contributed by atoms with Crippen molar-refractivity contribution in [1.29, 1.82) is 0 Å². The number of rotatable bonds is 3. The van der Waals surface area contributed by atoms with E-state index in [0.717, 1.165) is 22.2 Å². The van der Waals surface area contributed by atoms with Gasteiger partial charge in [0.1, 0.15) is 5.75 Å². The second kappa shape index (κ2) is 5.40. The van der Waals surface area contributed by atoms with Gasteiger partial charge in [0.25, 0.3) is 0 Å². The molecule has 0 spiro atoms. The average Bonchev–Trinajstić information content (AvgIpc) is 2.48. The van der Waals surface area contributed by atoms with Crippen molar-refractivity contribution in [1.82, 2.24) is 4.98 Å². The van der Waals surface area contributed by atoms with Crippen LogP contribution in [0.2, 0.25) is 0 Å². The molecule has 4 heteroatoms. The molecule has 0 unspecified atom stereocenters. The van der Waals surface area contributed by atoms with E-state index in [1.54, 1.807) is 30.6 Å². The molecule has 0 radical (unpaired) electrons. The monoisotopic (exact) mass is 263 g/mol. The molecule has 0 aliphatic rings. The largest absolute Gasteiger partial charge is 0.508 e. The van der Waals surface area contributed by atoms with Crippen LogP contribution in [0.3, 0.4) is 0 Å². The third kappa shape index (κ3) is 2.59. The fourth-order valence-corrected chi connectivity index (χ4v) is 1.98. The van der Waals surface area contributed by atoms with Crippen LogP contribution in [0.5, 0.6) is 5.75 Å². The number of phenols is 1. The Bertz CT molecular complexity index is 763. The molecule has 3 aromatic rings. The molecule has 0 saturated heterocycles. The first-order chi connectivity index (χ1) is 9.83. The summed E-state index contributed by atoms with van der Waals surface area (Å²) in [4.78, 5) is 4.34. The van der Waals surface area contributed by atoms with Gasteiger partial charge in [-0.3, -0.25) is 10.4 Å². The normalized spacial score (nSPS) is 11.0. The van der Waals surface area contributed by atoms with Crippen molar-refractivity contribution in [2.75, 3.05) is 5.43 Å². The number of nitrogens with one attached hydrogen (secondary N) is 1. The zero-order valence-corrected chi connectivity index (χ0v) is 10.7. The number of hydrogen-bond acceptors (Lipinski definition) is 4. The summed E-state index contributed by atoms with van der Waals surface area (Å²) in [6.07, 6.45) is 3.41. The molecule has 0 aliphatic heterocycles. The standard InChI is InChI=1S/C16H13N3O/c20-14-7-1-4-12(10-14)11-18-19-15-8-2-5-13-6-3-9-17-16(13)15/h1-11,19-20H/b18-11+. The van der Waals surface area contributed by atoms with Gasteiger partial charge in [0.15, 0.2) is 0 Å². The lowest BCUT2D eigenvalue weighted by Crippen LogP contribution is -1.92. The van der Waals surface area contributed by atoms with Gasteiger partial charge in [-0.2, -0.15) is 5.10 Å². The highest BCUT2D eigenvalue weighted by Crippen LogP contribution is 2.20. The van der Waals surface area contributed by atoms with E-state index in [-0.39, 0.29) is 5.75 Å². The Morgan fingerprint density at radius 1 is 1.05 bits per heavy atom. The summed E-state index contributed by atoms with van der Waals surface area (Å²) in [5.74, 6) is 0.223. The minimum absolute atomic E-state index is 0.223. The molecule has 0 saturated carbocycles. The van der Waals surface area contributed by atoms with Gasteiger partial charge in [-0.15, -0.1) is 0 Å². The number of aromatic hydroxyl groups is 1. The molecule has 2 aromatic carbocycles. The molecule has 0 fully saturated rings. The highest BCUT2D eigenvalue weighted by Gasteiger charge is 1.99. The van der Waals surface area contributed by atoms with Gasteiger partial charge in [0.05, 0.1) is 17.4 Å². The fraction of sp³-hybridized carbons (Fsp3) is 0. The maximum absolute atomic E-state index is 9.38. The highest BCUT2D eigenvalue weighted by atomic mass is 16.3. The molecule has 1 aromatic heterocycles. The number of para-hydroxylation sites is 1. The molecular weight excluding hydrogens is 250 g/mol. The predicted molar refractivity (Wildman–Crippen MR) is 81.1 cm³/mol. The van der Waals surface area contributed by atoms with Crippen LogP contribution in [0, 0.1) is 0 Å². The molecule has 2 N–H and O–H groups in total. The topological polar surface area (TPSA) is 57.5 Å². The van der Waals surface area contributed by atoms with Gasteiger partial charge in [-0.25, -0.2) is 0 Å². The molecule has 1 heterocycles. The maximum Gasteiger partial charge on any atom is 0.116 e. The summed E-state index contributed by atoms with van der Waals surface area (Å²) in [6.45, 7) is 0. The van der Waals surface area contributed by atoms with Crippen LogP contribution < -0.4 is 5.43 Å². The lowest BCUT2D eigenvalue weighted by Gasteiger charge is -2.04. The SMILES string of the molecule is Oc1cccc(/C=N/Nc2cccc3cccnc23)c1. The van der Waals surface area contributed by atoms with E-state index in [1.807, 2.05) is 36.4 Å². The number of hydrazone groups is 1. The van der Waals surface area contributed by atoms with Crippen molar-refractivity contribution in [3.63, 3.8) is 0 Å². The van der Waals surface area contributed by atoms with Gasteiger partial charge < -0.3 is 5.11 Å². The molecule has 0 atom stereocenters. The number of phenolic OH excluding ortho intramolecular Hbond substituents is 1. The maximum atomic E-state index is 9.38. The summed E-state index contributed by atoms with van der Waals surface area (Å²) in [7, 11) is 0. The van der Waals surface area contributed by atoms with Crippen LogP contribution in [0.25, 0.3) is 10.9 Å². The minimum Gasteiger partial charge on any atom is -0.508 e. The van der Waals surface area contributed by atoms with E-state index in [4.69, 9.17) is 0 Å². The quantitative estimate of drug-likeness (QED) is 0.562. The van der Waals surface area contributed by atoms with Gasteiger partial charge in [0.2, 0.25) is 0 Å². The number of anilines is 1.